The second-order valence-electron chi connectivity index (χ2n) is 5.11. The molecule has 0 atom stereocenters. The summed E-state index contributed by atoms with van der Waals surface area (Å²) in [7, 11) is 3.29. The van der Waals surface area contributed by atoms with Crippen molar-refractivity contribution in [3.8, 4) is 5.75 Å². The molecule has 21 heavy (non-hydrogen) atoms. The highest BCUT2D eigenvalue weighted by Crippen LogP contribution is 2.26. The van der Waals surface area contributed by atoms with E-state index in [1.807, 2.05) is 26.0 Å². The van der Waals surface area contributed by atoms with E-state index in [4.69, 9.17) is 10.5 Å². The van der Waals surface area contributed by atoms with Crippen LogP contribution in [0, 0.1) is 13.8 Å². The molecule has 2 aromatic carbocycles. The third kappa shape index (κ3) is 2.99. The van der Waals surface area contributed by atoms with Crippen LogP contribution in [0.4, 0.5) is 11.4 Å². The number of aryl methyl sites for hydroxylation is 2. The third-order valence-corrected chi connectivity index (χ3v) is 3.47. The number of carbonyl (C=O) groups excluding carboxylic acids is 1. The summed E-state index contributed by atoms with van der Waals surface area (Å²) < 4.78 is 5.25. The first kappa shape index (κ1) is 14.9. The number of anilines is 2. The van der Waals surface area contributed by atoms with E-state index in [0.717, 1.165) is 11.3 Å². The lowest BCUT2D eigenvalue weighted by Gasteiger charge is -2.21. The lowest BCUT2D eigenvalue weighted by molar-refractivity contribution is 0.0990. The lowest BCUT2D eigenvalue weighted by atomic mass is 10.1. The summed E-state index contributed by atoms with van der Waals surface area (Å²) >= 11 is 0. The van der Waals surface area contributed by atoms with Gasteiger partial charge >= 0.3 is 0 Å². The topological polar surface area (TPSA) is 55.6 Å². The van der Waals surface area contributed by atoms with Crippen LogP contribution in [0.15, 0.2) is 36.4 Å². The number of nitrogens with zero attached hydrogens (tertiary/aromatic N) is 1. The average Bonchev–Trinajstić information content (AvgIpc) is 2.45. The van der Waals surface area contributed by atoms with Crippen molar-refractivity contribution in [3.05, 3.63) is 53.1 Å². The maximum absolute atomic E-state index is 12.7. The molecule has 2 N–H and O–H groups in total. The lowest BCUT2D eigenvalue weighted by Crippen LogP contribution is -2.27. The highest BCUT2D eigenvalue weighted by Gasteiger charge is 2.19. The van der Waals surface area contributed by atoms with Crippen molar-refractivity contribution >= 4 is 17.3 Å². The fourth-order valence-electron chi connectivity index (χ4n) is 2.36. The van der Waals surface area contributed by atoms with E-state index in [9.17, 15) is 4.79 Å². The number of rotatable bonds is 3. The van der Waals surface area contributed by atoms with E-state index in [1.54, 1.807) is 37.3 Å². The van der Waals surface area contributed by atoms with Crippen LogP contribution in [0.5, 0.6) is 5.75 Å². The highest BCUT2D eigenvalue weighted by molar-refractivity contribution is 6.08. The molecule has 0 unspecified atom stereocenters. The molecule has 0 aliphatic rings. The summed E-state index contributed by atoms with van der Waals surface area (Å²) in [5, 5.41) is 0. The minimum absolute atomic E-state index is 0.147. The van der Waals surface area contributed by atoms with Crippen molar-refractivity contribution in [1.82, 2.24) is 0 Å². The Kier molecular flexibility index (Phi) is 4.17. The van der Waals surface area contributed by atoms with Crippen LogP contribution in [0.2, 0.25) is 0 Å². The summed E-state index contributed by atoms with van der Waals surface area (Å²) in [6.07, 6.45) is 0. The zero-order valence-corrected chi connectivity index (χ0v) is 12.8. The Balaban J connectivity index is 2.41. The standard InChI is InChI=1S/C17H20N2O2/c1-11-5-7-15(12(2)9-11)19(3)17(20)14-10-13(18)6-8-16(14)21-4/h5-10H,18H2,1-4H3. The SMILES string of the molecule is COc1ccc(N)cc1C(=O)N(C)c1ccc(C)cc1C. The predicted molar refractivity (Wildman–Crippen MR) is 86.1 cm³/mol. The molecule has 0 heterocycles. The van der Waals surface area contributed by atoms with Gasteiger partial charge in [-0.3, -0.25) is 4.79 Å². The van der Waals surface area contributed by atoms with Gasteiger partial charge < -0.3 is 15.4 Å². The number of amides is 1. The zero-order chi connectivity index (χ0) is 15.6. The largest absolute Gasteiger partial charge is 0.496 e. The first-order valence-corrected chi connectivity index (χ1v) is 6.73. The Hall–Kier alpha value is -2.49. The van der Waals surface area contributed by atoms with Crippen molar-refractivity contribution in [2.24, 2.45) is 0 Å². The number of hydrogen-bond donors (Lipinski definition) is 1. The second kappa shape index (κ2) is 5.87. The maximum atomic E-state index is 12.7. The molecule has 4 heteroatoms. The highest BCUT2D eigenvalue weighted by atomic mass is 16.5. The molecule has 0 aliphatic heterocycles. The molecule has 110 valence electrons. The molecule has 4 nitrogen and oxygen atoms in total. The third-order valence-electron chi connectivity index (χ3n) is 3.47. The number of benzene rings is 2. The minimum Gasteiger partial charge on any atom is -0.496 e. The zero-order valence-electron chi connectivity index (χ0n) is 12.8. The average molecular weight is 284 g/mol. The molecule has 0 aromatic heterocycles. The van der Waals surface area contributed by atoms with Crippen LogP contribution < -0.4 is 15.4 Å². The fourth-order valence-corrected chi connectivity index (χ4v) is 2.36. The van der Waals surface area contributed by atoms with Crippen LogP contribution in [0.25, 0.3) is 0 Å². The molecule has 2 aromatic rings. The Morgan fingerprint density at radius 3 is 2.48 bits per heavy atom. The predicted octanol–water partition coefficient (Wildman–Crippen LogP) is 3.17. The first-order valence-electron chi connectivity index (χ1n) is 6.73. The Morgan fingerprint density at radius 1 is 1.14 bits per heavy atom. The quantitative estimate of drug-likeness (QED) is 0.881. The number of carbonyl (C=O) groups is 1. The van der Waals surface area contributed by atoms with Crippen molar-refractivity contribution in [1.29, 1.82) is 0 Å². The van der Waals surface area contributed by atoms with Gasteiger partial charge in [0.05, 0.1) is 12.7 Å². The molecular weight excluding hydrogens is 264 g/mol. The van der Waals surface area contributed by atoms with Gasteiger partial charge in [0.25, 0.3) is 5.91 Å². The van der Waals surface area contributed by atoms with Crippen molar-refractivity contribution in [2.45, 2.75) is 13.8 Å². The smallest absolute Gasteiger partial charge is 0.261 e. The Labute approximate surface area is 125 Å². The van der Waals surface area contributed by atoms with Gasteiger partial charge in [0.1, 0.15) is 5.75 Å². The van der Waals surface area contributed by atoms with Crippen molar-refractivity contribution < 1.29 is 9.53 Å². The maximum Gasteiger partial charge on any atom is 0.261 e. The Morgan fingerprint density at radius 2 is 1.86 bits per heavy atom. The first-order chi connectivity index (χ1) is 9.93. The van der Waals surface area contributed by atoms with Gasteiger partial charge in [-0.1, -0.05) is 17.7 Å². The number of hydrogen-bond acceptors (Lipinski definition) is 3. The van der Waals surface area contributed by atoms with Crippen LogP contribution in [0.1, 0.15) is 21.5 Å². The van der Waals surface area contributed by atoms with Gasteiger partial charge in [-0.2, -0.15) is 0 Å². The van der Waals surface area contributed by atoms with Crippen molar-refractivity contribution in [2.75, 3.05) is 24.8 Å². The fraction of sp³-hybridized carbons (Fsp3) is 0.235. The van der Waals surface area contributed by atoms with Crippen LogP contribution in [-0.2, 0) is 0 Å². The number of nitrogens with two attached hydrogens (primary N) is 1. The Bertz CT molecular complexity index is 680. The van der Waals surface area contributed by atoms with E-state index in [2.05, 4.69) is 6.07 Å². The van der Waals surface area contributed by atoms with Gasteiger partial charge in [0, 0.05) is 18.4 Å². The minimum atomic E-state index is -0.147. The number of ether oxygens (including phenoxy) is 1. The van der Waals surface area contributed by atoms with Gasteiger partial charge in [-0.05, 0) is 43.7 Å². The molecule has 0 radical (unpaired) electrons. The normalized spacial score (nSPS) is 10.3. The summed E-state index contributed by atoms with van der Waals surface area (Å²) in [6, 6.07) is 11.0. The molecule has 1 amide bonds. The number of methoxy groups -OCH3 is 1. The molecule has 0 spiro atoms. The summed E-state index contributed by atoms with van der Waals surface area (Å²) in [5.41, 5.74) is 9.86. The molecular formula is C17H20N2O2. The van der Waals surface area contributed by atoms with E-state index in [0.29, 0.717) is 17.0 Å². The van der Waals surface area contributed by atoms with Gasteiger partial charge in [0.15, 0.2) is 0 Å². The van der Waals surface area contributed by atoms with Gasteiger partial charge in [-0.15, -0.1) is 0 Å². The van der Waals surface area contributed by atoms with E-state index < -0.39 is 0 Å². The van der Waals surface area contributed by atoms with E-state index >= 15 is 0 Å². The second-order valence-corrected chi connectivity index (χ2v) is 5.11. The van der Waals surface area contributed by atoms with Crippen LogP contribution in [-0.4, -0.2) is 20.1 Å². The van der Waals surface area contributed by atoms with Gasteiger partial charge in [-0.25, -0.2) is 0 Å². The molecule has 0 bridgehead atoms. The molecule has 2 rings (SSSR count). The summed E-state index contributed by atoms with van der Waals surface area (Å²) in [5.74, 6) is 0.372. The monoisotopic (exact) mass is 284 g/mol. The molecule has 0 saturated heterocycles. The van der Waals surface area contributed by atoms with E-state index in [-0.39, 0.29) is 5.91 Å². The summed E-state index contributed by atoms with van der Waals surface area (Å²) in [4.78, 5) is 14.3. The number of nitrogen functional groups attached to an aromatic ring is 1. The van der Waals surface area contributed by atoms with E-state index in [1.165, 1.54) is 5.56 Å². The molecule has 0 saturated carbocycles. The van der Waals surface area contributed by atoms with Gasteiger partial charge in [0.2, 0.25) is 0 Å². The molecule has 0 fully saturated rings. The molecule has 0 aliphatic carbocycles. The van der Waals surface area contributed by atoms with Crippen molar-refractivity contribution in [3.63, 3.8) is 0 Å². The summed E-state index contributed by atoms with van der Waals surface area (Å²) in [6.45, 7) is 4.02. The van der Waals surface area contributed by atoms with Crippen LogP contribution in [0.3, 0.4) is 0 Å². The van der Waals surface area contributed by atoms with Crippen LogP contribution >= 0.6 is 0 Å².